The number of aliphatic hydroxyl groups is 1. The van der Waals surface area contributed by atoms with Crippen LogP contribution < -0.4 is 5.73 Å². The number of carbonyl (C=O) groups is 1. The summed E-state index contributed by atoms with van der Waals surface area (Å²) in [4.78, 5) is 13.0. The van der Waals surface area contributed by atoms with Crippen LogP contribution in [0.2, 0.25) is 0 Å². The maximum absolute atomic E-state index is 11.3. The molecular formula is C9H18N2O2. The van der Waals surface area contributed by atoms with E-state index >= 15 is 0 Å². The molecule has 2 unspecified atom stereocenters. The number of carbonyl (C=O) groups excluding carboxylic acids is 1. The fourth-order valence-electron chi connectivity index (χ4n) is 1.60. The summed E-state index contributed by atoms with van der Waals surface area (Å²) in [6.45, 7) is 6.59. The summed E-state index contributed by atoms with van der Waals surface area (Å²) < 4.78 is 0. The summed E-state index contributed by atoms with van der Waals surface area (Å²) in [7, 11) is 0. The number of amides is 1. The zero-order valence-electron chi connectivity index (χ0n) is 8.45. The predicted octanol–water partition coefficient (Wildman–Crippen LogP) is -0.437. The van der Waals surface area contributed by atoms with Crippen molar-refractivity contribution in [1.29, 1.82) is 0 Å². The number of nitrogens with zero attached hydrogens (tertiary/aromatic N) is 1. The molecule has 1 heterocycles. The Kier molecular flexibility index (Phi) is 2.63. The second-order valence-electron chi connectivity index (χ2n) is 4.66. The Balaban J connectivity index is 2.65. The van der Waals surface area contributed by atoms with Crippen LogP contribution in [0.3, 0.4) is 0 Å². The van der Waals surface area contributed by atoms with Gasteiger partial charge in [-0.3, -0.25) is 4.79 Å². The lowest BCUT2D eigenvalue weighted by molar-refractivity contribution is -0.150. The van der Waals surface area contributed by atoms with Crippen molar-refractivity contribution in [3.05, 3.63) is 0 Å². The molecule has 1 rings (SSSR count). The van der Waals surface area contributed by atoms with E-state index in [9.17, 15) is 4.79 Å². The van der Waals surface area contributed by atoms with E-state index in [0.717, 1.165) is 0 Å². The summed E-state index contributed by atoms with van der Waals surface area (Å²) in [6.07, 6.45) is 0. The molecule has 0 aliphatic carbocycles. The summed E-state index contributed by atoms with van der Waals surface area (Å²) in [5.74, 6) is -0.0472. The molecule has 0 aromatic rings. The van der Waals surface area contributed by atoms with Crippen molar-refractivity contribution in [2.24, 2.45) is 11.1 Å². The van der Waals surface area contributed by atoms with Gasteiger partial charge in [-0.2, -0.15) is 0 Å². The van der Waals surface area contributed by atoms with Crippen molar-refractivity contribution >= 4 is 5.91 Å². The van der Waals surface area contributed by atoms with Crippen LogP contribution in [0.1, 0.15) is 20.8 Å². The number of nitrogens with two attached hydrogens (primary N) is 1. The highest BCUT2D eigenvalue weighted by Crippen LogP contribution is 2.27. The van der Waals surface area contributed by atoms with Crippen molar-refractivity contribution in [2.75, 3.05) is 13.2 Å². The molecule has 0 aromatic carbocycles. The first-order valence-corrected chi connectivity index (χ1v) is 4.55. The molecule has 4 heteroatoms. The van der Waals surface area contributed by atoms with E-state index in [1.54, 1.807) is 4.90 Å². The third-order valence-corrected chi connectivity index (χ3v) is 2.54. The molecule has 13 heavy (non-hydrogen) atoms. The monoisotopic (exact) mass is 186 g/mol. The van der Waals surface area contributed by atoms with E-state index in [1.807, 2.05) is 20.8 Å². The van der Waals surface area contributed by atoms with Gasteiger partial charge >= 0.3 is 0 Å². The van der Waals surface area contributed by atoms with Crippen LogP contribution in [0.4, 0.5) is 0 Å². The van der Waals surface area contributed by atoms with Crippen LogP contribution in [0, 0.1) is 5.41 Å². The standard InChI is InChI=1S/C9H18N2O2/c1-9(2,3)7(5-12)11-4-6(10)8(11)13/h6-7,12H,4-5,10H2,1-3H3. The third-order valence-electron chi connectivity index (χ3n) is 2.54. The summed E-state index contributed by atoms with van der Waals surface area (Å²) >= 11 is 0. The van der Waals surface area contributed by atoms with Crippen LogP contribution in [0.5, 0.6) is 0 Å². The normalized spacial score (nSPS) is 25.8. The van der Waals surface area contributed by atoms with Gasteiger partial charge < -0.3 is 15.7 Å². The average molecular weight is 186 g/mol. The molecule has 0 spiro atoms. The van der Waals surface area contributed by atoms with Gasteiger partial charge in [0.15, 0.2) is 0 Å². The molecule has 2 atom stereocenters. The minimum Gasteiger partial charge on any atom is -0.394 e. The maximum atomic E-state index is 11.3. The van der Waals surface area contributed by atoms with Crippen LogP contribution in [0.15, 0.2) is 0 Å². The molecule has 0 aromatic heterocycles. The molecule has 1 fully saturated rings. The van der Waals surface area contributed by atoms with Gasteiger partial charge in [-0.15, -0.1) is 0 Å². The first-order chi connectivity index (χ1) is 5.88. The Morgan fingerprint density at radius 3 is 2.46 bits per heavy atom. The second-order valence-corrected chi connectivity index (χ2v) is 4.66. The number of rotatable bonds is 2. The fraction of sp³-hybridized carbons (Fsp3) is 0.889. The quantitative estimate of drug-likeness (QED) is 0.575. The van der Waals surface area contributed by atoms with Crippen LogP contribution in [0.25, 0.3) is 0 Å². The predicted molar refractivity (Wildman–Crippen MR) is 50.0 cm³/mol. The van der Waals surface area contributed by atoms with Gasteiger partial charge in [0, 0.05) is 6.54 Å². The number of likely N-dealkylation sites (tertiary alicyclic amines) is 1. The fourth-order valence-corrected chi connectivity index (χ4v) is 1.60. The lowest BCUT2D eigenvalue weighted by atomic mass is 9.84. The van der Waals surface area contributed by atoms with E-state index in [4.69, 9.17) is 10.8 Å². The number of aliphatic hydroxyl groups excluding tert-OH is 1. The van der Waals surface area contributed by atoms with Crippen LogP contribution in [-0.4, -0.2) is 41.1 Å². The second kappa shape index (κ2) is 3.27. The Morgan fingerprint density at radius 2 is 2.23 bits per heavy atom. The van der Waals surface area contributed by atoms with Gasteiger partial charge in [-0.1, -0.05) is 20.8 Å². The number of hydrogen-bond acceptors (Lipinski definition) is 3. The van der Waals surface area contributed by atoms with E-state index in [2.05, 4.69) is 0 Å². The molecule has 1 aliphatic rings. The molecule has 76 valence electrons. The van der Waals surface area contributed by atoms with E-state index in [1.165, 1.54) is 0 Å². The van der Waals surface area contributed by atoms with E-state index < -0.39 is 0 Å². The van der Waals surface area contributed by atoms with E-state index in [-0.39, 0.29) is 30.0 Å². The topological polar surface area (TPSA) is 66.6 Å². The lowest BCUT2D eigenvalue weighted by Gasteiger charge is -2.46. The van der Waals surface area contributed by atoms with Crippen molar-refractivity contribution in [3.8, 4) is 0 Å². The molecule has 1 amide bonds. The van der Waals surface area contributed by atoms with Crippen molar-refractivity contribution in [1.82, 2.24) is 4.90 Å². The van der Waals surface area contributed by atoms with Crippen LogP contribution in [-0.2, 0) is 4.79 Å². The molecule has 3 N–H and O–H groups in total. The Labute approximate surface area is 78.7 Å². The number of hydrogen-bond donors (Lipinski definition) is 2. The van der Waals surface area contributed by atoms with Crippen molar-refractivity contribution in [3.63, 3.8) is 0 Å². The minimum absolute atomic E-state index is 0.00194. The van der Waals surface area contributed by atoms with Gasteiger partial charge in [0.1, 0.15) is 6.04 Å². The Morgan fingerprint density at radius 1 is 1.69 bits per heavy atom. The van der Waals surface area contributed by atoms with Crippen LogP contribution >= 0.6 is 0 Å². The molecule has 4 nitrogen and oxygen atoms in total. The zero-order valence-corrected chi connectivity index (χ0v) is 8.45. The smallest absolute Gasteiger partial charge is 0.241 e. The minimum atomic E-state index is -0.351. The number of β-lactam (4-membered cyclic amide) rings is 1. The zero-order chi connectivity index (χ0) is 10.2. The van der Waals surface area contributed by atoms with Crippen molar-refractivity contribution < 1.29 is 9.90 Å². The molecule has 0 saturated carbocycles. The summed E-state index contributed by atoms with van der Waals surface area (Å²) in [5, 5.41) is 9.17. The Hall–Kier alpha value is -0.610. The largest absolute Gasteiger partial charge is 0.394 e. The molecular weight excluding hydrogens is 168 g/mol. The van der Waals surface area contributed by atoms with Gasteiger partial charge in [-0.05, 0) is 5.41 Å². The molecule has 0 bridgehead atoms. The first kappa shape index (κ1) is 10.5. The van der Waals surface area contributed by atoms with Gasteiger partial charge in [0.25, 0.3) is 0 Å². The third kappa shape index (κ3) is 1.84. The average Bonchev–Trinajstić information content (AvgIpc) is 2.02. The lowest BCUT2D eigenvalue weighted by Crippen LogP contribution is -2.67. The summed E-state index contributed by atoms with van der Waals surface area (Å²) in [6, 6.07) is -0.462. The molecule has 1 aliphatic heterocycles. The van der Waals surface area contributed by atoms with Gasteiger partial charge in [0.05, 0.1) is 12.6 Å². The van der Waals surface area contributed by atoms with E-state index in [0.29, 0.717) is 6.54 Å². The first-order valence-electron chi connectivity index (χ1n) is 4.55. The molecule has 0 radical (unpaired) electrons. The SMILES string of the molecule is CC(C)(C)C(CO)N1CC(N)C1=O. The maximum Gasteiger partial charge on any atom is 0.241 e. The van der Waals surface area contributed by atoms with Crippen molar-refractivity contribution in [2.45, 2.75) is 32.9 Å². The molecule has 1 saturated heterocycles. The van der Waals surface area contributed by atoms with Gasteiger partial charge in [-0.25, -0.2) is 0 Å². The summed E-state index contributed by atoms with van der Waals surface area (Å²) in [5.41, 5.74) is 5.38. The Bertz CT molecular complexity index is 210. The highest BCUT2D eigenvalue weighted by molar-refractivity contribution is 5.88. The highest BCUT2D eigenvalue weighted by atomic mass is 16.3. The van der Waals surface area contributed by atoms with Gasteiger partial charge in [0.2, 0.25) is 5.91 Å². The highest BCUT2D eigenvalue weighted by Gasteiger charge is 2.42.